The molecule has 1 amide bonds. The molecule has 3 rings (SSSR count). The SMILES string of the molecule is O=C1[C@H](N2CCCCC2)CCN1c1ccccc1. The van der Waals surface area contributed by atoms with Gasteiger partial charge in [-0.1, -0.05) is 24.6 Å². The van der Waals surface area contributed by atoms with E-state index in [4.69, 9.17) is 0 Å². The minimum Gasteiger partial charge on any atom is -0.311 e. The van der Waals surface area contributed by atoms with Gasteiger partial charge in [0.15, 0.2) is 0 Å². The topological polar surface area (TPSA) is 23.6 Å². The predicted molar refractivity (Wildman–Crippen MR) is 72.6 cm³/mol. The zero-order valence-electron chi connectivity index (χ0n) is 10.7. The summed E-state index contributed by atoms with van der Waals surface area (Å²) in [7, 11) is 0. The Hall–Kier alpha value is -1.35. The van der Waals surface area contributed by atoms with Crippen molar-refractivity contribution in [2.75, 3.05) is 24.5 Å². The number of benzene rings is 1. The number of likely N-dealkylation sites (tertiary alicyclic amines) is 1. The van der Waals surface area contributed by atoms with Gasteiger partial charge in [-0.25, -0.2) is 0 Å². The van der Waals surface area contributed by atoms with Crippen LogP contribution in [-0.2, 0) is 4.79 Å². The number of rotatable bonds is 2. The van der Waals surface area contributed by atoms with Gasteiger partial charge < -0.3 is 4.90 Å². The van der Waals surface area contributed by atoms with Gasteiger partial charge in [-0.15, -0.1) is 0 Å². The lowest BCUT2D eigenvalue weighted by molar-refractivity contribution is -0.122. The zero-order chi connectivity index (χ0) is 12.4. The van der Waals surface area contributed by atoms with Crippen molar-refractivity contribution in [1.82, 2.24) is 4.90 Å². The number of para-hydroxylation sites is 1. The molecule has 2 heterocycles. The highest BCUT2D eigenvalue weighted by Gasteiger charge is 2.36. The summed E-state index contributed by atoms with van der Waals surface area (Å²) in [6, 6.07) is 10.2. The lowest BCUT2D eigenvalue weighted by Crippen LogP contribution is -2.44. The minimum absolute atomic E-state index is 0.130. The molecule has 0 radical (unpaired) electrons. The number of nitrogens with zero attached hydrogens (tertiary/aromatic N) is 2. The van der Waals surface area contributed by atoms with Crippen LogP contribution in [0, 0.1) is 0 Å². The Morgan fingerprint density at radius 1 is 0.944 bits per heavy atom. The first kappa shape index (κ1) is 11.7. The van der Waals surface area contributed by atoms with Crippen LogP contribution in [0.1, 0.15) is 25.7 Å². The third kappa shape index (κ3) is 2.15. The lowest BCUT2D eigenvalue weighted by atomic mass is 10.1. The third-order valence-corrected chi connectivity index (χ3v) is 4.08. The maximum absolute atomic E-state index is 12.5. The van der Waals surface area contributed by atoms with Crippen molar-refractivity contribution in [3.8, 4) is 0 Å². The molecule has 2 saturated heterocycles. The fourth-order valence-electron chi connectivity index (χ4n) is 3.10. The first-order valence-electron chi connectivity index (χ1n) is 6.97. The fourth-order valence-corrected chi connectivity index (χ4v) is 3.10. The highest BCUT2D eigenvalue weighted by atomic mass is 16.2. The van der Waals surface area contributed by atoms with Crippen LogP contribution in [0.15, 0.2) is 30.3 Å². The second-order valence-electron chi connectivity index (χ2n) is 5.23. The Bertz CT molecular complexity index is 412. The van der Waals surface area contributed by atoms with Crippen LogP contribution >= 0.6 is 0 Å². The first-order valence-corrected chi connectivity index (χ1v) is 6.97. The average Bonchev–Trinajstić information content (AvgIpc) is 2.83. The largest absolute Gasteiger partial charge is 0.311 e. The van der Waals surface area contributed by atoms with Crippen LogP contribution in [0.2, 0.25) is 0 Å². The molecular weight excluding hydrogens is 224 g/mol. The van der Waals surface area contributed by atoms with Crippen LogP contribution in [-0.4, -0.2) is 36.5 Å². The first-order chi connectivity index (χ1) is 8.86. The van der Waals surface area contributed by atoms with Gasteiger partial charge >= 0.3 is 0 Å². The molecule has 0 saturated carbocycles. The normalized spacial score (nSPS) is 25.7. The van der Waals surface area contributed by atoms with Crippen molar-refractivity contribution < 1.29 is 4.79 Å². The van der Waals surface area contributed by atoms with Gasteiger partial charge in [-0.3, -0.25) is 9.69 Å². The standard InChI is InChI=1S/C15H20N2O/c18-15-14(16-10-5-2-6-11-16)9-12-17(15)13-7-3-1-4-8-13/h1,3-4,7-8,14H,2,5-6,9-12H2/t14-/m1/s1. The summed E-state index contributed by atoms with van der Waals surface area (Å²) in [5, 5.41) is 0. The maximum atomic E-state index is 12.5. The van der Waals surface area contributed by atoms with Crippen LogP contribution < -0.4 is 4.90 Å². The molecule has 3 heteroatoms. The molecule has 0 aromatic heterocycles. The molecule has 0 spiro atoms. The second-order valence-corrected chi connectivity index (χ2v) is 5.23. The van der Waals surface area contributed by atoms with Crippen molar-refractivity contribution in [3.63, 3.8) is 0 Å². The molecule has 96 valence electrons. The molecule has 2 aliphatic heterocycles. The number of carbonyl (C=O) groups is 1. The zero-order valence-corrected chi connectivity index (χ0v) is 10.7. The lowest BCUT2D eigenvalue weighted by Gasteiger charge is -2.31. The minimum atomic E-state index is 0.130. The summed E-state index contributed by atoms with van der Waals surface area (Å²) in [6.45, 7) is 3.06. The number of amides is 1. The number of anilines is 1. The molecular formula is C15H20N2O. The van der Waals surface area contributed by atoms with Gasteiger partial charge in [-0.05, 0) is 44.5 Å². The number of carbonyl (C=O) groups excluding carboxylic acids is 1. The van der Waals surface area contributed by atoms with Crippen molar-refractivity contribution in [1.29, 1.82) is 0 Å². The van der Waals surface area contributed by atoms with E-state index in [0.29, 0.717) is 5.91 Å². The van der Waals surface area contributed by atoms with Gasteiger partial charge in [0.1, 0.15) is 0 Å². The Morgan fingerprint density at radius 2 is 1.67 bits per heavy atom. The summed E-state index contributed by atoms with van der Waals surface area (Å²) in [5.74, 6) is 0.295. The Balaban J connectivity index is 1.72. The van der Waals surface area contributed by atoms with Crippen molar-refractivity contribution in [2.24, 2.45) is 0 Å². The van der Waals surface area contributed by atoms with Crippen molar-refractivity contribution in [3.05, 3.63) is 30.3 Å². The van der Waals surface area contributed by atoms with Gasteiger partial charge in [0.25, 0.3) is 0 Å². The molecule has 0 aliphatic carbocycles. The summed E-state index contributed by atoms with van der Waals surface area (Å²) in [6.07, 6.45) is 4.79. The number of piperidine rings is 1. The summed E-state index contributed by atoms with van der Waals surface area (Å²) >= 11 is 0. The number of hydrogen-bond donors (Lipinski definition) is 0. The van der Waals surface area contributed by atoms with E-state index in [0.717, 1.165) is 31.7 Å². The van der Waals surface area contributed by atoms with E-state index in [-0.39, 0.29) is 6.04 Å². The molecule has 2 aliphatic rings. The van der Waals surface area contributed by atoms with E-state index in [1.54, 1.807) is 0 Å². The highest BCUT2D eigenvalue weighted by Crippen LogP contribution is 2.25. The second kappa shape index (κ2) is 5.11. The predicted octanol–water partition coefficient (Wildman–Crippen LogP) is 2.28. The molecule has 1 atom stereocenters. The summed E-state index contributed by atoms with van der Waals surface area (Å²) < 4.78 is 0. The van der Waals surface area contributed by atoms with E-state index in [9.17, 15) is 4.79 Å². The van der Waals surface area contributed by atoms with Crippen molar-refractivity contribution in [2.45, 2.75) is 31.7 Å². The van der Waals surface area contributed by atoms with E-state index in [1.165, 1.54) is 19.3 Å². The molecule has 0 unspecified atom stereocenters. The summed E-state index contributed by atoms with van der Waals surface area (Å²) in [4.78, 5) is 16.8. The van der Waals surface area contributed by atoms with Crippen molar-refractivity contribution >= 4 is 11.6 Å². The van der Waals surface area contributed by atoms with Crippen LogP contribution in [0.3, 0.4) is 0 Å². The van der Waals surface area contributed by atoms with Crippen LogP contribution in [0.25, 0.3) is 0 Å². The average molecular weight is 244 g/mol. The number of hydrogen-bond acceptors (Lipinski definition) is 2. The Labute approximate surface area is 108 Å². The quantitative estimate of drug-likeness (QED) is 0.797. The Morgan fingerprint density at radius 3 is 2.39 bits per heavy atom. The fraction of sp³-hybridized carbons (Fsp3) is 0.533. The maximum Gasteiger partial charge on any atom is 0.244 e. The van der Waals surface area contributed by atoms with E-state index in [2.05, 4.69) is 4.90 Å². The van der Waals surface area contributed by atoms with E-state index >= 15 is 0 Å². The van der Waals surface area contributed by atoms with Gasteiger partial charge in [0, 0.05) is 12.2 Å². The van der Waals surface area contributed by atoms with E-state index in [1.807, 2.05) is 35.2 Å². The van der Waals surface area contributed by atoms with E-state index < -0.39 is 0 Å². The van der Waals surface area contributed by atoms with Gasteiger partial charge in [0.05, 0.1) is 6.04 Å². The molecule has 2 fully saturated rings. The monoisotopic (exact) mass is 244 g/mol. The highest BCUT2D eigenvalue weighted by molar-refractivity contribution is 5.99. The molecule has 0 bridgehead atoms. The molecule has 1 aromatic rings. The van der Waals surface area contributed by atoms with Crippen LogP contribution in [0.5, 0.6) is 0 Å². The van der Waals surface area contributed by atoms with Gasteiger partial charge in [0.2, 0.25) is 5.91 Å². The smallest absolute Gasteiger partial charge is 0.244 e. The Kier molecular flexibility index (Phi) is 3.33. The molecule has 3 nitrogen and oxygen atoms in total. The summed E-state index contributed by atoms with van der Waals surface area (Å²) in [5.41, 5.74) is 1.04. The molecule has 0 N–H and O–H groups in total. The molecule has 1 aromatic carbocycles. The third-order valence-electron chi connectivity index (χ3n) is 4.08. The van der Waals surface area contributed by atoms with Crippen LogP contribution in [0.4, 0.5) is 5.69 Å². The molecule has 18 heavy (non-hydrogen) atoms. The van der Waals surface area contributed by atoms with Gasteiger partial charge in [-0.2, -0.15) is 0 Å².